The van der Waals surface area contributed by atoms with Crippen LogP contribution in [0.3, 0.4) is 0 Å². The third-order valence-electron chi connectivity index (χ3n) is 5.92. The van der Waals surface area contributed by atoms with Crippen LogP contribution in [0.5, 0.6) is 5.75 Å². The Morgan fingerprint density at radius 3 is 2.96 bits per heavy atom. The first-order valence-corrected chi connectivity index (χ1v) is 9.63. The topological polar surface area (TPSA) is 84.8 Å². The van der Waals surface area contributed by atoms with Crippen LogP contribution in [0.4, 0.5) is 0 Å². The van der Waals surface area contributed by atoms with Crippen LogP contribution in [-0.2, 0) is 23.3 Å². The van der Waals surface area contributed by atoms with Gasteiger partial charge < -0.3 is 9.47 Å². The van der Waals surface area contributed by atoms with Crippen molar-refractivity contribution in [2.24, 2.45) is 0 Å². The van der Waals surface area contributed by atoms with Gasteiger partial charge in [0.15, 0.2) is 0 Å². The lowest BCUT2D eigenvalue weighted by atomic mass is 9.79. The molecule has 1 N–H and O–H groups in total. The molecule has 28 heavy (non-hydrogen) atoms. The van der Waals surface area contributed by atoms with Crippen molar-refractivity contribution >= 4 is 5.78 Å². The molecule has 0 bridgehead atoms. The lowest BCUT2D eigenvalue weighted by Crippen LogP contribution is -2.46. The van der Waals surface area contributed by atoms with Crippen LogP contribution in [0.1, 0.15) is 29.7 Å². The molecule has 146 valence electrons. The minimum absolute atomic E-state index is 0.135. The second-order valence-corrected chi connectivity index (χ2v) is 7.50. The summed E-state index contributed by atoms with van der Waals surface area (Å²) in [6.07, 6.45) is 4.26. The van der Waals surface area contributed by atoms with Gasteiger partial charge in [0.05, 0.1) is 25.0 Å². The Bertz CT molecular complexity index is 1070. The molecule has 1 aromatic carbocycles. The molecule has 5 rings (SSSR count). The van der Waals surface area contributed by atoms with Gasteiger partial charge in [-0.2, -0.15) is 4.52 Å². The van der Waals surface area contributed by atoms with Gasteiger partial charge in [-0.25, -0.2) is 9.97 Å². The largest absolute Gasteiger partial charge is 0.497 e. The van der Waals surface area contributed by atoms with Crippen LogP contribution < -0.4 is 10.3 Å². The molecule has 1 saturated heterocycles. The SMILES string of the molecule is COc1ccc2c(c1)CCOC21CCN(Cc2cc(=O)n3[nH]cnc3n2)CC1. The van der Waals surface area contributed by atoms with Gasteiger partial charge >= 0.3 is 0 Å². The van der Waals surface area contributed by atoms with E-state index in [0.717, 1.165) is 50.4 Å². The first-order valence-electron chi connectivity index (χ1n) is 9.63. The number of rotatable bonds is 3. The number of nitrogens with one attached hydrogen (secondary N) is 1. The summed E-state index contributed by atoms with van der Waals surface area (Å²) in [7, 11) is 1.70. The highest BCUT2D eigenvalue weighted by Gasteiger charge is 2.40. The number of likely N-dealkylation sites (tertiary alicyclic amines) is 1. The number of piperidine rings is 1. The zero-order chi connectivity index (χ0) is 19.1. The second kappa shape index (κ2) is 6.72. The molecule has 0 aliphatic carbocycles. The molecule has 1 fully saturated rings. The molecule has 0 amide bonds. The van der Waals surface area contributed by atoms with Gasteiger partial charge in [0.1, 0.15) is 12.1 Å². The van der Waals surface area contributed by atoms with Crippen molar-refractivity contribution in [1.29, 1.82) is 0 Å². The molecular weight excluding hydrogens is 358 g/mol. The standard InChI is InChI=1S/C20H23N5O3/c1-27-16-2-3-17-14(10-16)4-9-28-20(17)5-7-24(8-6-20)12-15-11-18(26)25-19(23-15)21-13-22-25/h2-3,10-11,13H,4-9,12H2,1H3,(H,21,22,23). The smallest absolute Gasteiger partial charge is 0.274 e. The van der Waals surface area contributed by atoms with Crippen molar-refractivity contribution in [1.82, 2.24) is 24.5 Å². The Morgan fingerprint density at radius 2 is 2.14 bits per heavy atom. The number of H-pyrrole nitrogens is 1. The summed E-state index contributed by atoms with van der Waals surface area (Å²) in [5.41, 5.74) is 3.04. The molecule has 2 aliphatic rings. The highest BCUT2D eigenvalue weighted by molar-refractivity contribution is 5.41. The molecule has 2 aromatic heterocycles. The second-order valence-electron chi connectivity index (χ2n) is 7.50. The fraction of sp³-hybridized carbons (Fsp3) is 0.450. The van der Waals surface area contributed by atoms with Crippen LogP contribution in [0.15, 0.2) is 35.4 Å². The van der Waals surface area contributed by atoms with Crippen molar-refractivity contribution in [3.8, 4) is 5.75 Å². The van der Waals surface area contributed by atoms with Crippen LogP contribution in [-0.4, -0.2) is 51.3 Å². The molecule has 0 radical (unpaired) electrons. The minimum atomic E-state index is -0.213. The molecule has 4 heterocycles. The Morgan fingerprint density at radius 1 is 1.29 bits per heavy atom. The summed E-state index contributed by atoms with van der Waals surface area (Å²) < 4.78 is 13.0. The van der Waals surface area contributed by atoms with Gasteiger partial charge in [-0.1, -0.05) is 6.07 Å². The maximum Gasteiger partial charge on any atom is 0.274 e. The zero-order valence-electron chi connectivity index (χ0n) is 15.9. The lowest BCUT2D eigenvalue weighted by Gasteiger charge is -2.45. The van der Waals surface area contributed by atoms with E-state index in [0.29, 0.717) is 12.3 Å². The average molecular weight is 381 g/mol. The van der Waals surface area contributed by atoms with E-state index in [1.165, 1.54) is 22.0 Å². The number of ether oxygens (including phenoxy) is 2. The maximum atomic E-state index is 12.1. The van der Waals surface area contributed by atoms with E-state index in [1.54, 1.807) is 13.2 Å². The van der Waals surface area contributed by atoms with Crippen LogP contribution >= 0.6 is 0 Å². The van der Waals surface area contributed by atoms with E-state index in [4.69, 9.17) is 9.47 Å². The molecule has 1 spiro atoms. The van der Waals surface area contributed by atoms with Gasteiger partial charge in [-0.3, -0.25) is 14.8 Å². The summed E-state index contributed by atoms with van der Waals surface area (Å²) in [5, 5.41) is 2.77. The number of fused-ring (bicyclic) bond motifs is 3. The lowest BCUT2D eigenvalue weighted by molar-refractivity contribution is -0.0990. The van der Waals surface area contributed by atoms with E-state index in [2.05, 4.69) is 32.1 Å². The molecule has 8 nitrogen and oxygen atoms in total. The fourth-order valence-corrected chi connectivity index (χ4v) is 4.45. The quantitative estimate of drug-likeness (QED) is 0.740. The monoisotopic (exact) mass is 381 g/mol. The first kappa shape index (κ1) is 17.4. The normalized spacial score (nSPS) is 19.0. The highest BCUT2D eigenvalue weighted by Crippen LogP contribution is 2.42. The molecule has 0 atom stereocenters. The van der Waals surface area contributed by atoms with Gasteiger partial charge in [0, 0.05) is 25.7 Å². The number of hydrogen-bond donors (Lipinski definition) is 1. The maximum absolute atomic E-state index is 12.1. The fourth-order valence-electron chi connectivity index (χ4n) is 4.45. The third kappa shape index (κ3) is 2.89. The number of nitrogens with zero attached hydrogens (tertiary/aromatic N) is 4. The van der Waals surface area contributed by atoms with Crippen molar-refractivity contribution in [2.45, 2.75) is 31.4 Å². The van der Waals surface area contributed by atoms with Crippen LogP contribution in [0, 0.1) is 0 Å². The average Bonchev–Trinajstić information content (AvgIpc) is 3.19. The number of methoxy groups -OCH3 is 1. The number of aromatic amines is 1. The Labute approximate surface area is 162 Å². The van der Waals surface area contributed by atoms with Crippen LogP contribution in [0.2, 0.25) is 0 Å². The predicted octanol–water partition coefficient (Wildman–Crippen LogP) is 1.49. The van der Waals surface area contributed by atoms with E-state index in [9.17, 15) is 4.79 Å². The Balaban J connectivity index is 1.33. The summed E-state index contributed by atoms with van der Waals surface area (Å²) in [4.78, 5) is 23.0. The predicted molar refractivity (Wildman–Crippen MR) is 102 cm³/mol. The number of benzene rings is 1. The molecule has 8 heteroatoms. The molecule has 0 unspecified atom stereocenters. The summed E-state index contributed by atoms with van der Waals surface area (Å²) >= 11 is 0. The zero-order valence-corrected chi connectivity index (χ0v) is 15.9. The van der Waals surface area contributed by atoms with Gasteiger partial charge in [0.25, 0.3) is 11.3 Å². The van der Waals surface area contributed by atoms with Crippen molar-refractivity contribution in [2.75, 3.05) is 26.8 Å². The van der Waals surface area contributed by atoms with E-state index < -0.39 is 0 Å². The number of hydrogen-bond acceptors (Lipinski definition) is 6. The summed E-state index contributed by atoms with van der Waals surface area (Å²) in [5.74, 6) is 1.31. The van der Waals surface area contributed by atoms with Crippen molar-refractivity contribution in [3.05, 3.63) is 57.8 Å². The van der Waals surface area contributed by atoms with Crippen LogP contribution in [0.25, 0.3) is 5.78 Å². The summed E-state index contributed by atoms with van der Waals surface area (Å²) in [6, 6.07) is 7.91. The summed E-state index contributed by atoms with van der Waals surface area (Å²) in [6.45, 7) is 3.18. The molecule has 3 aromatic rings. The van der Waals surface area contributed by atoms with Crippen molar-refractivity contribution < 1.29 is 9.47 Å². The van der Waals surface area contributed by atoms with Gasteiger partial charge in [0.2, 0.25) is 0 Å². The first-order chi connectivity index (χ1) is 13.7. The minimum Gasteiger partial charge on any atom is -0.497 e. The Kier molecular flexibility index (Phi) is 4.17. The molecular formula is C20H23N5O3. The van der Waals surface area contributed by atoms with Crippen molar-refractivity contribution in [3.63, 3.8) is 0 Å². The van der Waals surface area contributed by atoms with E-state index >= 15 is 0 Å². The van der Waals surface area contributed by atoms with E-state index in [1.807, 2.05) is 6.07 Å². The highest BCUT2D eigenvalue weighted by atomic mass is 16.5. The third-order valence-corrected chi connectivity index (χ3v) is 5.92. The Hall–Kier alpha value is -2.71. The van der Waals surface area contributed by atoms with E-state index in [-0.39, 0.29) is 11.2 Å². The molecule has 2 aliphatic heterocycles. The molecule has 0 saturated carbocycles. The van der Waals surface area contributed by atoms with Gasteiger partial charge in [-0.15, -0.1) is 0 Å². The van der Waals surface area contributed by atoms with Gasteiger partial charge in [-0.05, 0) is 42.5 Å². The number of aromatic nitrogens is 4.